The summed E-state index contributed by atoms with van der Waals surface area (Å²) in [5, 5.41) is 0.830. The minimum absolute atomic E-state index is 0. The largest absolute Gasteiger partial charge is 0.330 e. The third-order valence-electron chi connectivity index (χ3n) is 7.28. The van der Waals surface area contributed by atoms with E-state index in [-0.39, 0.29) is 42.6 Å². The van der Waals surface area contributed by atoms with Gasteiger partial charge < -0.3 is 15.5 Å². The molecule has 9 heteroatoms. The van der Waals surface area contributed by atoms with Crippen molar-refractivity contribution < 1.29 is 0 Å². The van der Waals surface area contributed by atoms with Gasteiger partial charge in [0.2, 0.25) is 0 Å². The molecule has 0 bridgehead atoms. The van der Waals surface area contributed by atoms with Crippen LogP contribution < -0.4 is 10.6 Å². The monoisotopic (exact) mass is 519 g/mol. The molecule has 3 aliphatic rings. The molecule has 0 radical (unpaired) electrons. The van der Waals surface area contributed by atoms with E-state index in [1.165, 1.54) is 28.9 Å². The molecule has 2 aromatic rings. The third-order valence-corrected chi connectivity index (χ3v) is 7.52. The van der Waals surface area contributed by atoms with Crippen LogP contribution in [0.15, 0.2) is 24.5 Å². The third kappa shape index (κ3) is 4.70. The minimum atomic E-state index is 0. The average molecular weight is 521 g/mol. The summed E-state index contributed by atoms with van der Waals surface area (Å²) in [7, 11) is 0. The maximum Gasteiger partial charge on any atom is 0.140 e. The maximum absolute atomic E-state index is 6.47. The van der Waals surface area contributed by atoms with Crippen molar-refractivity contribution in [3.05, 3.63) is 46.4 Å². The van der Waals surface area contributed by atoms with Crippen molar-refractivity contribution in [2.24, 2.45) is 5.73 Å². The minimum Gasteiger partial charge on any atom is -0.330 e. The van der Waals surface area contributed by atoms with E-state index in [2.05, 4.69) is 33.8 Å². The normalized spacial score (nSPS) is 20.7. The Morgan fingerprint density at radius 3 is 2.62 bits per heavy atom. The molecule has 1 spiro atoms. The Bertz CT molecular complexity index is 917. The first-order chi connectivity index (χ1) is 14.1. The highest BCUT2D eigenvalue weighted by Crippen LogP contribution is 2.51. The molecule has 1 atom stereocenters. The van der Waals surface area contributed by atoms with Crippen molar-refractivity contribution in [1.29, 1.82) is 0 Å². The molecule has 3 heterocycles. The van der Waals surface area contributed by atoms with E-state index in [0.717, 1.165) is 69.2 Å². The number of fused-ring (bicyclic) bond motifs is 3. The van der Waals surface area contributed by atoms with E-state index in [0.29, 0.717) is 5.92 Å². The lowest BCUT2D eigenvalue weighted by molar-refractivity contribution is 0.166. The quantitative estimate of drug-likeness (QED) is 0.594. The standard InChI is InChI=1S/C23H30ClN5.3ClH/c1-16-3-5-19-21(16)22(27-15-26-19)29-14-23(18-13-17(24)4-6-20(18)29)7-11-28(12-8-23)10-2-9-25;;;/h4,6,13,15-16H,2-3,5,7-12,14,25H2,1H3;3*1H/t16-;;;/m1.../s1. The SMILES string of the molecule is C[C@@H]1CCc2ncnc(N3CC4(CCN(CCCN)CC4)c4cc(Cl)ccc43)c21.Cl.Cl.Cl. The van der Waals surface area contributed by atoms with Gasteiger partial charge in [-0.15, -0.1) is 37.2 Å². The number of likely N-dealkylation sites (tertiary alicyclic amines) is 1. The Kier molecular flexibility index (Phi) is 9.49. The van der Waals surface area contributed by atoms with Gasteiger partial charge in [-0.25, -0.2) is 9.97 Å². The topological polar surface area (TPSA) is 58.3 Å². The van der Waals surface area contributed by atoms with E-state index in [1.807, 2.05) is 6.07 Å². The van der Waals surface area contributed by atoms with Gasteiger partial charge in [0.15, 0.2) is 0 Å². The van der Waals surface area contributed by atoms with Crippen LogP contribution in [0.2, 0.25) is 5.02 Å². The highest BCUT2D eigenvalue weighted by atomic mass is 35.5. The fourth-order valence-corrected chi connectivity index (χ4v) is 5.79. The molecule has 0 saturated carbocycles. The molecule has 32 heavy (non-hydrogen) atoms. The van der Waals surface area contributed by atoms with Crippen molar-refractivity contribution in [2.75, 3.05) is 37.6 Å². The van der Waals surface area contributed by atoms with Crippen LogP contribution in [-0.2, 0) is 11.8 Å². The van der Waals surface area contributed by atoms with Gasteiger partial charge in [0.25, 0.3) is 0 Å². The number of aromatic nitrogens is 2. The van der Waals surface area contributed by atoms with E-state index >= 15 is 0 Å². The van der Waals surface area contributed by atoms with Gasteiger partial charge in [0.05, 0.1) is 0 Å². The Hall–Kier alpha value is -0.820. The van der Waals surface area contributed by atoms with E-state index in [9.17, 15) is 0 Å². The lowest BCUT2D eigenvalue weighted by Crippen LogP contribution is -2.45. The van der Waals surface area contributed by atoms with E-state index in [4.69, 9.17) is 22.3 Å². The lowest BCUT2D eigenvalue weighted by atomic mass is 9.74. The van der Waals surface area contributed by atoms with Crippen LogP contribution >= 0.6 is 48.8 Å². The summed E-state index contributed by atoms with van der Waals surface area (Å²) in [6, 6.07) is 6.42. The van der Waals surface area contributed by atoms with Crippen molar-refractivity contribution in [2.45, 2.75) is 50.4 Å². The van der Waals surface area contributed by atoms with Crippen LogP contribution in [0.5, 0.6) is 0 Å². The molecule has 5 nitrogen and oxygen atoms in total. The number of nitrogens with two attached hydrogens (primary N) is 1. The van der Waals surface area contributed by atoms with Crippen LogP contribution in [0.25, 0.3) is 0 Å². The highest BCUT2D eigenvalue weighted by Gasteiger charge is 2.46. The summed E-state index contributed by atoms with van der Waals surface area (Å²) in [6.45, 7) is 7.42. The van der Waals surface area contributed by atoms with Crippen molar-refractivity contribution in [3.63, 3.8) is 0 Å². The van der Waals surface area contributed by atoms with Gasteiger partial charge in [-0.05, 0) is 88.0 Å². The summed E-state index contributed by atoms with van der Waals surface area (Å²) in [4.78, 5) is 14.4. The Morgan fingerprint density at radius 2 is 1.91 bits per heavy atom. The molecular weight excluding hydrogens is 488 g/mol. The summed E-state index contributed by atoms with van der Waals surface area (Å²) in [6.07, 6.45) is 7.38. The van der Waals surface area contributed by atoms with Crippen molar-refractivity contribution >= 4 is 60.3 Å². The summed E-state index contributed by atoms with van der Waals surface area (Å²) < 4.78 is 0. The molecule has 0 unspecified atom stereocenters. The molecule has 1 fully saturated rings. The second-order valence-corrected chi connectivity index (χ2v) is 9.45. The van der Waals surface area contributed by atoms with Crippen LogP contribution in [0, 0.1) is 0 Å². The highest BCUT2D eigenvalue weighted by molar-refractivity contribution is 6.30. The van der Waals surface area contributed by atoms with Crippen LogP contribution in [0.4, 0.5) is 11.5 Å². The van der Waals surface area contributed by atoms with E-state index in [1.54, 1.807) is 6.33 Å². The predicted octanol–water partition coefficient (Wildman–Crippen LogP) is 5.28. The zero-order valence-electron chi connectivity index (χ0n) is 18.4. The van der Waals surface area contributed by atoms with Crippen molar-refractivity contribution in [3.8, 4) is 0 Å². The molecule has 178 valence electrons. The van der Waals surface area contributed by atoms with Crippen LogP contribution in [0.3, 0.4) is 0 Å². The summed E-state index contributed by atoms with van der Waals surface area (Å²) in [5.74, 6) is 1.64. The van der Waals surface area contributed by atoms with Gasteiger partial charge in [-0.2, -0.15) is 0 Å². The predicted molar refractivity (Wildman–Crippen MR) is 140 cm³/mol. The molecule has 1 aliphatic carbocycles. The van der Waals surface area contributed by atoms with E-state index < -0.39 is 0 Å². The number of halogens is 4. The van der Waals surface area contributed by atoms with Crippen LogP contribution in [-0.4, -0.2) is 47.6 Å². The van der Waals surface area contributed by atoms with Crippen molar-refractivity contribution in [1.82, 2.24) is 14.9 Å². The Balaban J connectivity index is 0.00000121. The molecule has 1 aromatic heterocycles. The lowest BCUT2D eigenvalue weighted by Gasteiger charge is -2.40. The molecule has 5 rings (SSSR count). The second-order valence-electron chi connectivity index (χ2n) is 9.01. The number of hydrogen-bond acceptors (Lipinski definition) is 5. The second kappa shape index (κ2) is 11.1. The number of rotatable bonds is 4. The molecule has 1 saturated heterocycles. The Labute approximate surface area is 214 Å². The molecule has 2 aliphatic heterocycles. The van der Waals surface area contributed by atoms with Gasteiger partial charge in [-0.3, -0.25) is 0 Å². The first-order valence-corrected chi connectivity index (χ1v) is 11.3. The smallest absolute Gasteiger partial charge is 0.140 e. The zero-order valence-corrected chi connectivity index (χ0v) is 21.6. The first kappa shape index (κ1) is 27.4. The number of aryl methyl sites for hydroxylation is 1. The van der Waals surface area contributed by atoms with Gasteiger partial charge >= 0.3 is 0 Å². The number of piperidine rings is 1. The molecule has 2 N–H and O–H groups in total. The van der Waals surface area contributed by atoms with Gasteiger partial charge in [-0.1, -0.05) is 18.5 Å². The Morgan fingerprint density at radius 1 is 1.16 bits per heavy atom. The molecule has 0 amide bonds. The molecular formula is C23H33Cl4N5. The number of benzene rings is 1. The fourth-order valence-electron chi connectivity index (χ4n) is 5.62. The number of hydrogen-bond donors (Lipinski definition) is 1. The summed E-state index contributed by atoms with van der Waals surface area (Å²) >= 11 is 6.47. The van der Waals surface area contributed by atoms with Gasteiger partial charge in [0.1, 0.15) is 12.1 Å². The maximum atomic E-state index is 6.47. The zero-order chi connectivity index (χ0) is 20.0. The van der Waals surface area contributed by atoms with Crippen LogP contribution in [0.1, 0.15) is 55.3 Å². The number of nitrogens with zero attached hydrogens (tertiary/aromatic N) is 4. The summed E-state index contributed by atoms with van der Waals surface area (Å²) in [5.41, 5.74) is 11.1. The number of anilines is 2. The van der Waals surface area contributed by atoms with Gasteiger partial charge in [0, 0.05) is 33.9 Å². The fraction of sp³-hybridized carbons (Fsp3) is 0.565. The average Bonchev–Trinajstić information content (AvgIpc) is 3.26. The molecule has 1 aromatic carbocycles. The first-order valence-electron chi connectivity index (χ1n) is 10.9.